The molecule has 13 nitrogen and oxygen atoms in total. The van der Waals surface area contributed by atoms with Crippen LogP contribution in [0.4, 0.5) is 5.95 Å². The van der Waals surface area contributed by atoms with Gasteiger partial charge in [0.2, 0.25) is 5.95 Å². The van der Waals surface area contributed by atoms with Crippen molar-refractivity contribution in [3.05, 3.63) is 84.5 Å². The monoisotopic (exact) mass is 596 g/mol. The van der Waals surface area contributed by atoms with Gasteiger partial charge in [-0.05, 0) is 24.6 Å². The van der Waals surface area contributed by atoms with Gasteiger partial charge in [-0.15, -0.1) is 0 Å². The Morgan fingerprint density at radius 1 is 0.767 bits per heavy atom. The van der Waals surface area contributed by atoms with Crippen LogP contribution >= 0.6 is 0 Å². The average molecular weight is 597 g/mol. The van der Waals surface area contributed by atoms with E-state index >= 15 is 0 Å². The molecule has 0 bridgehead atoms. The number of hydrogen-bond donors (Lipinski definition) is 4. The number of ether oxygens (including phenoxy) is 1. The van der Waals surface area contributed by atoms with Crippen LogP contribution in [0.5, 0.6) is 0 Å². The molecule has 0 saturated carbocycles. The molecule has 43 heavy (non-hydrogen) atoms. The normalized spacial score (nSPS) is 13.3. The van der Waals surface area contributed by atoms with E-state index in [0.29, 0.717) is 24.3 Å². The fourth-order valence-corrected chi connectivity index (χ4v) is 4.06. The first kappa shape index (κ1) is 34.2. The predicted octanol–water partition coefficient (Wildman–Crippen LogP) is 2.82. The number of rotatable bonds is 11. The third-order valence-electron chi connectivity index (χ3n) is 5.94. The molecule has 3 aromatic rings. The van der Waals surface area contributed by atoms with E-state index in [1.54, 1.807) is 0 Å². The summed E-state index contributed by atoms with van der Waals surface area (Å²) in [5.41, 5.74) is 3.64. The van der Waals surface area contributed by atoms with Gasteiger partial charge in [-0.2, -0.15) is 0 Å². The lowest BCUT2D eigenvalue weighted by atomic mass is 10.2. The van der Waals surface area contributed by atoms with E-state index < -0.39 is 23.9 Å². The minimum atomic E-state index is -1.26. The maximum Gasteiger partial charge on any atom is 0.328 e. The van der Waals surface area contributed by atoms with Crippen molar-refractivity contribution in [2.45, 2.75) is 20.0 Å². The molecule has 1 aromatic heterocycles. The molecule has 2 heterocycles. The standard InChI is InChI=1S/C22H28N4O.2C4H4O4/c1-2-27-17-16-26-21-11-7-6-10-20(21)23-22(26)25-14-12-24(13-15-25)18-19-8-4-3-5-9-19;2*5-3(6)1-2-4(7)8/h3-11H,2,12-18H2,1H3;2*1-2H,(H,5,6)(H,7,8)/b;2*2-1-. The first-order valence-electron chi connectivity index (χ1n) is 13.4. The molecule has 4 rings (SSSR count). The zero-order valence-corrected chi connectivity index (χ0v) is 23.8. The number of aromatic nitrogens is 2. The van der Waals surface area contributed by atoms with E-state index in [0.717, 1.165) is 63.9 Å². The first-order valence-corrected chi connectivity index (χ1v) is 13.4. The Morgan fingerprint density at radius 3 is 1.79 bits per heavy atom. The average Bonchev–Trinajstić information content (AvgIpc) is 3.35. The van der Waals surface area contributed by atoms with Crippen molar-refractivity contribution in [3.8, 4) is 0 Å². The molecule has 0 spiro atoms. The molecule has 4 N–H and O–H groups in total. The number of carboxylic acids is 4. The molecule has 1 aliphatic rings. The molecule has 0 atom stereocenters. The lowest BCUT2D eigenvalue weighted by molar-refractivity contribution is -0.134. The van der Waals surface area contributed by atoms with E-state index in [1.807, 2.05) is 6.92 Å². The van der Waals surface area contributed by atoms with E-state index in [1.165, 1.54) is 11.1 Å². The van der Waals surface area contributed by atoms with Crippen molar-refractivity contribution in [1.82, 2.24) is 14.5 Å². The van der Waals surface area contributed by atoms with Gasteiger partial charge in [0.05, 0.1) is 17.6 Å². The van der Waals surface area contributed by atoms with Gasteiger partial charge in [0.25, 0.3) is 0 Å². The minimum absolute atomic E-state index is 0.558. The number of fused-ring (bicyclic) bond motifs is 1. The third-order valence-corrected chi connectivity index (χ3v) is 5.94. The highest BCUT2D eigenvalue weighted by Gasteiger charge is 2.22. The zero-order chi connectivity index (χ0) is 31.6. The van der Waals surface area contributed by atoms with Crippen LogP contribution in [0.3, 0.4) is 0 Å². The Kier molecular flexibility index (Phi) is 14.7. The molecule has 1 fully saturated rings. The van der Waals surface area contributed by atoms with Crippen LogP contribution in [-0.4, -0.2) is 98.1 Å². The Hall–Kier alpha value is -5.01. The molecule has 0 unspecified atom stereocenters. The summed E-state index contributed by atoms with van der Waals surface area (Å²) in [4.78, 5) is 48.1. The predicted molar refractivity (Wildman–Crippen MR) is 159 cm³/mol. The Bertz CT molecular complexity index is 1330. The highest BCUT2D eigenvalue weighted by molar-refractivity contribution is 5.90. The molecule has 2 aromatic carbocycles. The minimum Gasteiger partial charge on any atom is -0.478 e. The summed E-state index contributed by atoms with van der Waals surface area (Å²) in [6, 6.07) is 19.1. The summed E-state index contributed by atoms with van der Waals surface area (Å²) < 4.78 is 7.92. The van der Waals surface area contributed by atoms with Crippen LogP contribution in [0.2, 0.25) is 0 Å². The van der Waals surface area contributed by atoms with E-state index in [9.17, 15) is 19.2 Å². The number of aliphatic carboxylic acids is 4. The summed E-state index contributed by atoms with van der Waals surface area (Å²) in [6.45, 7) is 9.50. The number of carboxylic acid groups (broad SMARTS) is 4. The lowest BCUT2D eigenvalue weighted by Crippen LogP contribution is -2.46. The van der Waals surface area contributed by atoms with Crippen molar-refractivity contribution in [2.75, 3.05) is 44.3 Å². The number of nitrogens with zero attached hydrogens (tertiary/aromatic N) is 4. The molecule has 0 radical (unpaired) electrons. The number of hydrogen-bond acceptors (Lipinski definition) is 8. The maximum absolute atomic E-state index is 9.55. The summed E-state index contributed by atoms with van der Waals surface area (Å²) in [7, 11) is 0. The largest absolute Gasteiger partial charge is 0.478 e. The van der Waals surface area contributed by atoms with E-state index in [2.05, 4.69) is 69.0 Å². The quantitative estimate of drug-likeness (QED) is 0.188. The number of imidazole rings is 1. The van der Waals surface area contributed by atoms with E-state index in [-0.39, 0.29) is 0 Å². The molecule has 13 heteroatoms. The van der Waals surface area contributed by atoms with Gasteiger partial charge in [-0.3, -0.25) is 4.90 Å². The highest BCUT2D eigenvalue weighted by atomic mass is 16.5. The molecular formula is C30H36N4O9. The molecular weight excluding hydrogens is 560 g/mol. The second-order valence-corrected chi connectivity index (χ2v) is 9.02. The van der Waals surface area contributed by atoms with Crippen molar-refractivity contribution >= 4 is 40.9 Å². The van der Waals surface area contributed by atoms with Crippen LogP contribution in [0.1, 0.15) is 12.5 Å². The second kappa shape index (κ2) is 18.4. The van der Waals surface area contributed by atoms with Crippen LogP contribution in [0.25, 0.3) is 11.0 Å². The fraction of sp³-hybridized carbons (Fsp3) is 0.300. The summed E-state index contributed by atoms with van der Waals surface area (Å²) in [5.74, 6) is -3.95. The fourth-order valence-electron chi connectivity index (χ4n) is 4.06. The Morgan fingerprint density at radius 2 is 1.28 bits per heavy atom. The molecule has 0 amide bonds. The lowest BCUT2D eigenvalue weighted by Gasteiger charge is -2.35. The van der Waals surface area contributed by atoms with E-state index in [4.69, 9.17) is 30.1 Å². The van der Waals surface area contributed by atoms with Gasteiger partial charge in [0, 0.05) is 70.2 Å². The van der Waals surface area contributed by atoms with Gasteiger partial charge >= 0.3 is 23.9 Å². The number of anilines is 1. The molecule has 0 aliphatic carbocycles. The highest BCUT2D eigenvalue weighted by Crippen LogP contribution is 2.24. The van der Waals surface area contributed by atoms with Crippen LogP contribution in [-0.2, 0) is 37.0 Å². The second-order valence-electron chi connectivity index (χ2n) is 9.02. The SMILES string of the molecule is CCOCCn1c(N2CCN(Cc3ccccc3)CC2)nc2ccccc21.O=C(O)/C=C\C(=O)O.O=C(O)/C=C\C(=O)O. The van der Waals surface area contributed by atoms with Gasteiger partial charge < -0.3 is 34.6 Å². The third kappa shape index (κ3) is 13.0. The number of carbonyl (C=O) groups is 4. The molecule has 1 aliphatic heterocycles. The van der Waals surface area contributed by atoms with Crippen LogP contribution < -0.4 is 4.90 Å². The number of para-hydroxylation sites is 2. The van der Waals surface area contributed by atoms with Gasteiger partial charge in [0.15, 0.2) is 0 Å². The van der Waals surface area contributed by atoms with Crippen molar-refractivity contribution in [2.24, 2.45) is 0 Å². The van der Waals surface area contributed by atoms with Crippen LogP contribution in [0.15, 0.2) is 78.9 Å². The Labute approximate surface area is 248 Å². The summed E-state index contributed by atoms with van der Waals surface area (Å²) in [6.07, 6.45) is 2.23. The van der Waals surface area contributed by atoms with Crippen LogP contribution in [0, 0.1) is 0 Å². The zero-order valence-electron chi connectivity index (χ0n) is 23.8. The number of piperazine rings is 1. The van der Waals surface area contributed by atoms with Gasteiger partial charge in [0.1, 0.15) is 0 Å². The first-order chi connectivity index (χ1) is 20.6. The Balaban J connectivity index is 0.000000334. The topological polar surface area (TPSA) is 183 Å². The molecule has 230 valence electrons. The van der Waals surface area contributed by atoms with Crippen molar-refractivity contribution in [3.63, 3.8) is 0 Å². The molecule has 1 saturated heterocycles. The summed E-state index contributed by atoms with van der Waals surface area (Å²) in [5, 5.41) is 31.2. The number of benzene rings is 2. The van der Waals surface area contributed by atoms with Crippen molar-refractivity contribution in [1.29, 1.82) is 0 Å². The summed E-state index contributed by atoms with van der Waals surface area (Å²) >= 11 is 0. The smallest absolute Gasteiger partial charge is 0.328 e. The van der Waals surface area contributed by atoms with Crippen molar-refractivity contribution < 1.29 is 44.3 Å². The van der Waals surface area contributed by atoms with Gasteiger partial charge in [-0.25, -0.2) is 24.2 Å². The maximum atomic E-state index is 9.55. The van der Waals surface area contributed by atoms with Gasteiger partial charge in [-0.1, -0.05) is 42.5 Å².